The van der Waals surface area contributed by atoms with E-state index in [1.54, 1.807) is 30.7 Å². The summed E-state index contributed by atoms with van der Waals surface area (Å²) in [7, 11) is 1.63. The number of halogens is 2. The summed E-state index contributed by atoms with van der Waals surface area (Å²) in [6, 6.07) is 20.4. The van der Waals surface area contributed by atoms with E-state index in [0.717, 1.165) is 22.3 Å². The number of aromatic nitrogens is 1. The molecule has 182 valence electrons. The van der Waals surface area contributed by atoms with Crippen LogP contribution in [0.25, 0.3) is 11.1 Å². The first-order chi connectivity index (χ1) is 17.4. The molecule has 0 fully saturated rings. The van der Waals surface area contributed by atoms with Crippen LogP contribution in [0.4, 0.5) is 0 Å². The molecule has 9 heteroatoms. The molecule has 3 N–H and O–H groups in total. The maximum atomic E-state index is 13.7. The maximum absolute atomic E-state index is 13.7. The lowest BCUT2D eigenvalue weighted by molar-refractivity contribution is 0.0702. The van der Waals surface area contributed by atoms with Gasteiger partial charge in [-0.2, -0.15) is 0 Å². The number of hydroxylamine groups is 1. The number of fused-ring (bicyclic) bond motifs is 3. The van der Waals surface area contributed by atoms with Crippen molar-refractivity contribution in [3.63, 3.8) is 0 Å². The number of hydrogen-bond donors (Lipinski definition) is 3. The Morgan fingerprint density at radius 2 is 1.58 bits per heavy atom. The molecule has 0 bridgehead atoms. The lowest BCUT2D eigenvalue weighted by Crippen LogP contribution is -2.30. The van der Waals surface area contributed by atoms with Crippen LogP contribution >= 0.6 is 23.2 Å². The molecule has 0 spiro atoms. The topological polar surface area (TPSA) is 92.6 Å². The molecule has 0 radical (unpaired) electrons. The first-order valence-corrected chi connectivity index (χ1v) is 11.8. The number of carbonyl (C=O) groups is 2. The van der Waals surface area contributed by atoms with Gasteiger partial charge in [0.05, 0.1) is 16.1 Å². The predicted octanol–water partition coefficient (Wildman–Crippen LogP) is 5.53. The highest BCUT2D eigenvalue weighted by Crippen LogP contribution is 2.43. The second-order valence-electron chi connectivity index (χ2n) is 8.39. The van der Waals surface area contributed by atoms with Crippen molar-refractivity contribution >= 4 is 35.0 Å². The summed E-state index contributed by atoms with van der Waals surface area (Å²) in [6.07, 6.45) is 1.43. The molecule has 0 aliphatic heterocycles. The third-order valence-corrected chi connectivity index (χ3v) is 6.91. The standard InChI is InChI=1S/C27H21Cl2N3O4/c1-32-13-20(26(33)31-35)25(36-14-15-10-11-21(28)22(29)12-15)24(32)27(34)30-23-18-8-4-2-6-16(18)17-7-3-5-9-19(17)23/h2-13,23,35H,14H2,1H3,(H,30,34)(H,31,33). The number of nitrogens with zero attached hydrogens (tertiary/aromatic N) is 1. The molecule has 1 aliphatic rings. The average Bonchev–Trinajstić information content (AvgIpc) is 3.39. The van der Waals surface area contributed by atoms with Gasteiger partial charge in [0.2, 0.25) is 0 Å². The monoisotopic (exact) mass is 521 g/mol. The normalized spacial score (nSPS) is 12.1. The maximum Gasteiger partial charge on any atom is 0.279 e. The van der Waals surface area contributed by atoms with E-state index < -0.39 is 11.8 Å². The fraction of sp³-hybridized carbons (Fsp3) is 0.111. The predicted molar refractivity (Wildman–Crippen MR) is 137 cm³/mol. The molecular formula is C27H21Cl2N3O4. The van der Waals surface area contributed by atoms with Crippen LogP contribution < -0.4 is 15.5 Å². The Hall–Kier alpha value is -3.78. The van der Waals surface area contributed by atoms with E-state index >= 15 is 0 Å². The third-order valence-electron chi connectivity index (χ3n) is 6.17. The molecule has 2 amide bonds. The smallest absolute Gasteiger partial charge is 0.279 e. The Labute approximate surface area is 217 Å². The quantitative estimate of drug-likeness (QED) is 0.229. The van der Waals surface area contributed by atoms with Crippen LogP contribution in [0.3, 0.4) is 0 Å². The largest absolute Gasteiger partial charge is 0.486 e. The SMILES string of the molecule is Cn1cc(C(=O)NO)c(OCc2ccc(Cl)c(Cl)c2)c1C(=O)NC1c2ccccc2-c2ccccc21. The highest BCUT2D eigenvalue weighted by atomic mass is 35.5. The summed E-state index contributed by atoms with van der Waals surface area (Å²) in [4.78, 5) is 26.0. The van der Waals surface area contributed by atoms with Crippen molar-refractivity contribution in [1.82, 2.24) is 15.4 Å². The molecule has 0 saturated heterocycles. The molecule has 0 atom stereocenters. The van der Waals surface area contributed by atoms with Crippen LogP contribution in [0.1, 0.15) is 43.6 Å². The summed E-state index contributed by atoms with van der Waals surface area (Å²) in [5.41, 5.74) is 6.52. The number of benzene rings is 3. The van der Waals surface area contributed by atoms with Crippen molar-refractivity contribution in [2.45, 2.75) is 12.6 Å². The second-order valence-corrected chi connectivity index (χ2v) is 9.20. The van der Waals surface area contributed by atoms with Gasteiger partial charge >= 0.3 is 0 Å². The molecule has 1 aliphatic carbocycles. The molecular weight excluding hydrogens is 501 g/mol. The van der Waals surface area contributed by atoms with Gasteiger partial charge in [0.15, 0.2) is 5.75 Å². The van der Waals surface area contributed by atoms with E-state index in [1.807, 2.05) is 48.5 Å². The first kappa shape index (κ1) is 23.9. The van der Waals surface area contributed by atoms with Crippen molar-refractivity contribution in [2.75, 3.05) is 0 Å². The number of hydrogen-bond acceptors (Lipinski definition) is 4. The molecule has 0 saturated carbocycles. The van der Waals surface area contributed by atoms with Gasteiger partial charge in [-0.05, 0) is 39.9 Å². The Morgan fingerprint density at radius 3 is 2.19 bits per heavy atom. The Kier molecular flexibility index (Phi) is 6.45. The van der Waals surface area contributed by atoms with Gasteiger partial charge in [-0.15, -0.1) is 0 Å². The van der Waals surface area contributed by atoms with Crippen LogP contribution in [0.5, 0.6) is 5.75 Å². The van der Waals surface area contributed by atoms with Gasteiger partial charge < -0.3 is 14.6 Å². The average molecular weight is 522 g/mol. The number of ether oxygens (including phenoxy) is 1. The van der Waals surface area contributed by atoms with Crippen LogP contribution in [0, 0.1) is 0 Å². The minimum Gasteiger partial charge on any atom is -0.486 e. The zero-order valence-electron chi connectivity index (χ0n) is 19.1. The minimum atomic E-state index is -0.801. The van der Waals surface area contributed by atoms with Crippen LogP contribution in [0.15, 0.2) is 72.9 Å². The molecule has 4 aromatic rings. The summed E-state index contributed by atoms with van der Waals surface area (Å²) in [6.45, 7) is 0.0159. The number of carbonyl (C=O) groups excluding carboxylic acids is 2. The van der Waals surface area contributed by atoms with Crippen LogP contribution in [-0.4, -0.2) is 21.6 Å². The second kappa shape index (κ2) is 9.70. The van der Waals surface area contributed by atoms with Gasteiger partial charge in [-0.3, -0.25) is 14.8 Å². The van der Waals surface area contributed by atoms with E-state index in [4.69, 9.17) is 27.9 Å². The Balaban J connectivity index is 1.50. The fourth-order valence-corrected chi connectivity index (χ4v) is 4.85. The minimum absolute atomic E-state index is 0.0115. The summed E-state index contributed by atoms with van der Waals surface area (Å²) >= 11 is 12.1. The third kappa shape index (κ3) is 4.22. The van der Waals surface area contributed by atoms with Crippen molar-refractivity contribution in [3.05, 3.63) is 111 Å². The highest BCUT2D eigenvalue weighted by Gasteiger charge is 2.32. The lowest BCUT2D eigenvalue weighted by Gasteiger charge is -2.17. The number of nitrogens with one attached hydrogen (secondary N) is 2. The van der Waals surface area contributed by atoms with E-state index in [0.29, 0.717) is 15.6 Å². The molecule has 1 aromatic heterocycles. The number of aryl methyl sites for hydroxylation is 1. The van der Waals surface area contributed by atoms with Gasteiger partial charge in [0, 0.05) is 13.2 Å². The highest BCUT2D eigenvalue weighted by molar-refractivity contribution is 6.42. The molecule has 1 heterocycles. The molecule has 7 nitrogen and oxygen atoms in total. The summed E-state index contributed by atoms with van der Waals surface area (Å²) < 4.78 is 7.46. The van der Waals surface area contributed by atoms with Crippen LogP contribution in [-0.2, 0) is 13.7 Å². The van der Waals surface area contributed by atoms with Gasteiger partial charge in [0.25, 0.3) is 11.8 Å². The van der Waals surface area contributed by atoms with E-state index in [-0.39, 0.29) is 29.7 Å². The molecule has 0 unspecified atom stereocenters. The number of amides is 2. The molecule has 3 aromatic carbocycles. The zero-order chi connectivity index (χ0) is 25.4. The fourth-order valence-electron chi connectivity index (χ4n) is 4.53. The Bertz CT molecular complexity index is 1450. The molecule has 5 rings (SSSR count). The van der Waals surface area contributed by atoms with E-state index in [9.17, 15) is 14.8 Å². The van der Waals surface area contributed by atoms with Crippen molar-refractivity contribution in [1.29, 1.82) is 0 Å². The summed E-state index contributed by atoms with van der Waals surface area (Å²) in [5.74, 6) is -1.20. The zero-order valence-corrected chi connectivity index (χ0v) is 20.6. The van der Waals surface area contributed by atoms with Crippen LogP contribution in [0.2, 0.25) is 10.0 Å². The lowest BCUT2D eigenvalue weighted by atomic mass is 10.1. The van der Waals surface area contributed by atoms with E-state index in [2.05, 4.69) is 5.32 Å². The van der Waals surface area contributed by atoms with Gasteiger partial charge in [-0.25, -0.2) is 5.48 Å². The van der Waals surface area contributed by atoms with Crippen molar-refractivity contribution in [2.24, 2.45) is 7.05 Å². The van der Waals surface area contributed by atoms with Gasteiger partial charge in [-0.1, -0.05) is 77.8 Å². The first-order valence-electron chi connectivity index (χ1n) is 11.1. The van der Waals surface area contributed by atoms with E-state index in [1.165, 1.54) is 10.8 Å². The van der Waals surface area contributed by atoms with Gasteiger partial charge in [0.1, 0.15) is 17.9 Å². The molecule has 36 heavy (non-hydrogen) atoms. The van der Waals surface area contributed by atoms with Crippen molar-refractivity contribution < 1.29 is 19.5 Å². The van der Waals surface area contributed by atoms with Crippen molar-refractivity contribution in [3.8, 4) is 16.9 Å². The number of rotatable bonds is 6. The summed E-state index contributed by atoms with van der Waals surface area (Å²) in [5, 5.41) is 13.1. The Morgan fingerprint density at radius 1 is 0.944 bits per heavy atom.